The summed E-state index contributed by atoms with van der Waals surface area (Å²) in [6, 6.07) is 4.68. The lowest BCUT2D eigenvalue weighted by Crippen LogP contribution is -2.08. The largest absolute Gasteiger partial charge is 0.465 e. The van der Waals surface area contributed by atoms with Crippen molar-refractivity contribution in [3.63, 3.8) is 0 Å². The van der Waals surface area contributed by atoms with Crippen molar-refractivity contribution in [2.24, 2.45) is 5.73 Å². The highest BCUT2D eigenvalue weighted by Gasteiger charge is 2.11. The van der Waals surface area contributed by atoms with Crippen molar-refractivity contribution >= 4 is 17.6 Å². The number of amides is 1. The van der Waals surface area contributed by atoms with Crippen LogP contribution in [0.15, 0.2) is 18.2 Å². The van der Waals surface area contributed by atoms with Crippen LogP contribution < -0.4 is 11.5 Å². The minimum absolute atomic E-state index is 0.170. The molecule has 0 bridgehead atoms. The van der Waals surface area contributed by atoms with Crippen molar-refractivity contribution in [3.05, 3.63) is 29.3 Å². The summed E-state index contributed by atoms with van der Waals surface area (Å²) in [6.07, 6.45) is 0. The lowest BCUT2D eigenvalue weighted by Gasteiger charge is -2.04. The molecule has 5 heteroatoms. The maximum absolute atomic E-state index is 11.3. The number of benzene rings is 1. The zero-order valence-corrected chi connectivity index (χ0v) is 8.61. The normalized spacial score (nSPS) is 8.81. The molecule has 1 aromatic carbocycles. The maximum Gasteiger partial charge on any atom is 0.339 e. The molecule has 82 valence electrons. The molecule has 0 aliphatic carbocycles. The van der Waals surface area contributed by atoms with E-state index < -0.39 is 11.9 Å². The molecule has 0 heterocycles. The summed E-state index contributed by atoms with van der Waals surface area (Å²) in [5.41, 5.74) is 11.3. The number of carbonyl (C=O) groups is 2. The van der Waals surface area contributed by atoms with Gasteiger partial charge in [-0.25, -0.2) is 4.79 Å². The van der Waals surface area contributed by atoms with Gasteiger partial charge in [-0.2, -0.15) is 0 Å². The van der Waals surface area contributed by atoms with Crippen molar-refractivity contribution in [1.29, 1.82) is 0 Å². The first-order valence-electron chi connectivity index (χ1n) is 4.34. The third-order valence-corrected chi connectivity index (χ3v) is 1.83. The Morgan fingerprint density at radius 3 is 2.62 bits per heavy atom. The molecule has 1 aromatic rings. The summed E-state index contributed by atoms with van der Waals surface area (Å²) < 4.78 is 4.54. The molecule has 0 radical (unpaired) electrons. The van der Waals surface area contributed by atoms with Crippen molar-refractivity contribution < 1.29 is 14.3 Å². The Balaban J connectivity index is 3.20. The minimum atomic E-state index is -0.761. The Bertz CT molecular complexity index is 498. The Morgan fingerprint density at radius 2 is 2.06 bits per heavy atom. The van der Waals surface area contributed by atoms with E-state index in [2.05, 4.69) is 16.6 Å². The van der Waals surface area contributed by atoms with Crippen LogP contribution in [0.5, 0.6) is 0 Å². The fraction of sp³-hybridized carbons (Fsp3) is 0.0909. The number of primary amides is 1. The molecule has 0 aromatic heterocycles. The molecule has 0 atom stereocenters. The van der Waals surface area contributed by atoms with Gasteiger partial charge in [0.1, 0.15) is 0 Å². The van der Waals surface area contributed by atoms with Gasteiger partial charge in [-0.15, -0.1) is 0 Å². The molecule has 0 spiro atoms. The number of nitrogens with two attached hydrogens (primary N) is 2. The van der Waals surface area contributed by atoms with E-state index in [9.17, 15) is 9.59 Å². The molecule has 5 nitrogen and oxygen atoms in total. The smallest absolute Gasteiger partial charge is 0.339 e. The van der Waals surface area contributed by atoms with E-state index >= 15 is 0 Å². The molecule has 0 aliphatic heterocycles. The Hall–Kier alpha value is -2.48. The molecule has 0 saturated heterocycles. The zero-order chi connectivity index (χ0) is 12.1. The van der Waals surface area contributed by atoms with E-state index in [4.69, 9.17) is 11.5 Å². The SMILES string of the molecule is COC(=O)c1cccc(C#CC(N)=O)c1N. The molecular weight excluding hydrogens is 208 g/mol. The summed E-state index contributed by atoms with van der Waals surface area (Å²) in [5.74, 6) is 3.30. The molecule has 1 amide bonds. The van der Waals surface area contributed by atoms with Crippen LogP contribution in [0.1, 0.15) is 15.9 Å². The second-order valence-corrected chi connectivity index (χ2v) is 2.87. The van der Waals surface area contributed by atoms with Gasteiger partial charge in [0.15, 0.2) is 0 Å². The standard InChI is InChI=1S/C11H10N2O3/c1-16-11(15)8-4-2-3-7(10(8)13)5-6-9(12)14/h2-4H,13H2,1H3,(H2,12,14). The van der Waals surface area contributed by atoms with Gasteiger partial charge in [-0.1, -0.05) is 12.0 Å². The third kappa shape index (κ3) is 2.51. The van der Waals surface area contributed by atoms with Crippen LogP contribution >= 0.6 is 0 Å². The molecule has 0 aliphatic rings. The molecule has 0 unspecified atom stereocenters. The fourth-order valence-electron chi connectivity index (χ4n) is 1.09. The molecule has 0 fully saturated rings. The highest BCUT2D eigenvalue weighted by molar-refractivity contribution is 5.97. The summed E-state index contributed by atoms with van der Waals surface area (Å²) in [7, 11) is 1.25. The number of rotatable bonds is 1. The highest BCUT2D eigenvalue weighted by atomic mass is 16.5. The number of carbonyl (C=O) groups excluding carboxylic acids is 2. The van der Waals surface area contributed by atoms with Crippen molar-refractivity contribution in [3.8, 4) is 11.8 Å². The van der Waals surface area contributed by atoms with E-state index in [1.807, 2.05) is 0 Å². The molecule has 1 rings (SSSR count). The monoisotopic (exact) mass is 218 g/mol. The van der Waals surface area contributed by atoms with Gasteiger partial charge in [-0.05, 0) is 12.1 Å². The molecule has 4 N–H and O–H groups in total. The number of para-hydroxylation sites is 1. The average molecular weight is 218 g/mol. The van der Waals surface area contributed by atoms with Gasteiger partial charge in [0.2, 0.25) is 0 Å². The number of nitrogen functional groups attached to an aromatic ring is 1. The van der Waals surface area contributed by atoms with Crippen LogP contribution in [0, 0.1) is 11.8 Å². The van der Waals surface area contributed by atoms with Gasteiger partial charge in [-0.3, -0.25) is 4.79 Å². The second-order valence-electron chi connectivity index (χ2n) is 2.87. The van der Waals surface area contributed by atoms with Gasteiger partial charge in [0.25, 0.3) is 5.91 Å². The Kier molecular flexibility index (Phi) is 3.51. The van der Waals surface area contributed by atoms with Crippen LogP contribution in [0.4, 0.5) is 5.69 Å². The summed E-state index contributed by atoms with van der Waals surface area (Å²) >= 11 is 0. The zero-order valence-electron chi connectivity index (χ0n) is 8.61. The van der Waals surface area contributed by atoms with Gasteiger partial charge >= 0.3 is 5.97 Å². The molecule has 16 heavy (non-hydrogen) atoms. The van der Waals surface area contributed by atoms with Crippen LogP contribution in [-0.2, 0) is 9.53 Å². The number of methoxy groups -OCH3 is 1. The lowest BCUT2D eigenvalue weighted by molar-refractivity contribution is -0.112. The van der Waals surface area contributed by atoms with Gasteiger partial charge in [0, 0.05) is 11.5 Å². The van der Waals surface area contributed by atoms with E-state index in [-0.39, 0.29) is 11.3 Å². The number of anilines is 1. The quantitative estimate of drug-likeness (QED) is 0.390. The van der Waals surface area contributed by atoms with Crippen LogP contribution in [0.3, 0.4) is 0 Å². The van der Waals surface area contributed by atoms with Crippen molar-refractivity contribution in [1.82, 2.24) is 0 Å². The minimum Gasteiger partial charge on any atom is -0.465 e. The first-order chi connectivity index (χ1) is 7.56. The fourth-order valence-corrected chi connectivity index (χ4v) is 1.09. The van der Waals surface area contributed by atoms with E-state index in [0.29, 0.717) is 5.56 Å². The summed E-state index contributed by atoms with van der Waals surface area (Å²) in [5, 5.41) is 0. The predicted octanol–water partition coefficient (Wildman–Crippen LogP) is -0.108. The maximum atomic E-state index is 11.3. The van der Waals surface area contributed by atoms with E-state index in [0.717, 1.165) is 0 Å². The van der Waals surface area contributed by atoms with E-state index in [1.165, 1.54) is 13.2 Å². The number of hydrogen-bond acceptors (Lipinski definition) is 4. The number of hydrogen-bond donors (Lipinski definition) is 2. The second kappa shape index (κ2) is 4.84. The van der Waals surface area contributed by atoms with Crippen molar-refractivity contribution in [2.45, 2.75) is 0 Å². The van der Waals surface area contributed by atoms with Crippen LogP contribution in [-0.4, -0.2) is 19.0 Å². The Morgan fingerprint density at radius 1 is 1.38 bits per heavy atom. The van der Waals surface area contributed by atoms with Crippen LogP contribution in [0.25, 0.3) is 0 Å². The first kappa shape index (κ1) is 11.6. The average Bonchev–Trinajstić information content (AvgIpc) is 2.26. The summed E-state index contributed by atoms with van der Waals surface area (Å²) in [6.45, 7) is 0. The van der Waals surface area contributed by atoms with Crippen LogP contribution in [0.2, 0.25) is 0 Å². The predicted molar refractivity (Wildman–Crippen MR) is 58.3 cm³/mol. The number of ether oxygens (including phenoxy) is 1. The summed E-state index contributed by atoms with van der Waals surface area (Å²) in [4.78, 5) is 21.8. The molecular formula is C11H10N2O3. The van der Waals surface area contributed by atoms with Gasteiger partial charge in [0.05, 0.1) is 18.4 Å². The Labute approximate surface area is 92.4 Å². The number of esters is 1. The first-order valence-corrected chi connectivity index (χ1v) is 4.34. The highest BCUT2D eigenvalue weighted by Crippen LogP contribution is 2.17. The van der Waals surface area contributed by atoms with Crippen molar-refractivity contribution in [2.75, 3.05) is 12.8 Å². The molecule has 0 saturated carbocycles. The lowest BCUT2D eigenvalue weighted by atomic mass is 10.1. The topological polar surface area (TPSA) is 95.4 Å². The van der Waals surface area contributed by atoms with Gasteiger partial charge < -0.3 is 16.2 Å². The van der Waals surface area contributed by atoms with E-state index in [1.54, 1.807) is 12.1 Å². The third-order valence-electron chi connectivity index (χ3n) is 1.83.